The smallest absolute Gasteiger partial charge is 0.303 e. The van der Waals surface area contributed by atoms with Gasteiger partial charge in [-0.25, -0.2) is 0 Å². The van der Waals surface area contributed by atoms with Crippen molar-refractivity contribution in [1.29, 1.82) is 0 Å². The molecule has 4 nitrogen and oxygen atoms in total. The summed E-state index contributed by atoms with van der Waals surface area (Å²) in [6.07, 6.45) is 8.44. The van der Waals surface area contributed by atoms with Crippen LogP contribution in [-0.2, 0) is 9.59 Å². The fourth-order valence-corrected chi connectivity index (χ4v) is 7.69. The van der Waals surface area contributed by atoms with Crippen LogP contribution in [0.15, 0.2) is 11.1 Å². The molecular formula is C24H36O4. The Kier molecular flexibility index (Phi) is 5.01. The Morgan fingerprint density at radius 1 is 1.21 bits per heavy atom. The number of ketones is 1. The number of Topliss-reactive ketones (excluding diaryl/α,β-unsaturated/α-hetero) is 1. The van der Waals surface area contributed by atoms with E-state index in [-0.39, 0.29) is 35.2 Å². The SMILES string of the molecule is C[C@H](CCC(=O)O)[C@H]1CC(=O)[C@H]2C3=C(CC[C@@]21C)[C@@]1(C)CC[C@@H](O)C[C@H]1CC3. The van der Waals surface area contributed by atoms with E-state index in [1.807, 2.05) is 0 Å². The van der Waals surface area contributed by atoms with Crippen LogP contribution in [0.5, 0.6) is 0 Å². The molecule has 4 rings (SSSR count). The molecule has 0 bridgehead atoms. The number of rotatable bonds is 4. The third kappa shape index (κ3) is 2.98. The van der Waals surface area contributed by atoms with Gasteiger partial charge in [-0.1, -0.05) is 31.9 Å². The number of carbonyl (C=O) groups excluding carboxylic acids is 1. The van der Waals surface area contributed by atoms with Crippen molar-refractivity contribution >= 4 is 11.8 Å². The zero-order valence-corrected chi connectivity index (χ0v) is 17.7. The molecule has 2 fully saturated rings. The third-order valence-corrected chi connectivity index (χ3v) is 9.31. The summed E-state index contributed by atoms with van der Waals surface area (Å²) in [5, 5.41) is 19.2. The van der Waals surface area contributed by atoms with E-state index in [4.69, 9.17) is 5.11 Å². The first kappa shape index (κ1) is 20.1. The number of aliphatic hydroxyl groups excluding tert-OH is 1. The van der Waals surface area contributed by atoms with E-state index in [1.165, 1.54) is 5.57 Å². The lowest BCUT2D eigenvalue weighted by atomic mass is 9.50. The molecule has 0 saturated heterocycles. The second-order valence-electron chi connectivity index (χ2n) is 10.7. The number of hydrogen-bond acceptors (Lipinski definition) is 3. The first-order valence-electron chi connectivity index (χ1n) is 11.3. The summed E-state index contributed by atoms with van der Waals surface area (Å²) in [4.78, 5) is 24.3. The van der Waals surface area contributed by atoms with Crippen molar-refractivity contribution in [2.24, 2.45) is 34.5 Å². The summed E-state index contributed by atoms with van der Waals surface area (Å²) in [5.74, 6) is 0.849. The van der Waals surface area contributed by atoms with Crippen LogP contribution >= 0.6 is 0 Å². The van der Waals surface area contributed by atoms with Crippen LogP contribution in [0, 0.1) is 34.5 Å². The van der Waals surface area contributed by atoms with E-state index in [9.17, 15) is 14.7 Å². The third-order valence-electron chi connectivity index (χ3n) is 9.31. The molecule has 28 heavy (non-hydrogen) atoms. The molecule has 156 valence electrons. The number of carboxylic acids is 1. The minimum atomic E-state index is -0.739. The monoisotopic (exact) mass is 388 g/mol. The molecule has 0 unspecified atom stereocenters. The average molecular weight is 389 g/mol. The number of allylic oxidation sites excluding steroid dienone is 2. The zero-order chi connectivity index (χ0) is 20.3. The summed E-state index contributed by atoms with van der Waals surface area (Å²) in [5.41, 5.74) is 3.17. The van der Waals surface area contributed by atoms with Gasteiger partial charge < -0.3 is 10.2 Å². The highest BCUT2D eigenvalue weighted by Crippen LogP contribution is 2.65. The number of hydrogen-bond donors (Lipinski definition) is 2. The van der Waals surface area contributed by atoms with Crippen LogP contribution in [0.1, 0.15) is 85.0 Å². The van der Waals surface area contributed by atoms with Crippen LogP contribution in [0.4, 0.5) is 0 Å². The predicted octanol–water partition coefficient (Wildman–Crippen LogP) is 4.75. The molecule has 0 aromatic rings. The van der Waals surface area contributed by atoms with Gasteiger partial charge in [-0.2, -0.15) is 0 Å². The van der Waals surface area contributed by atoms with Gasteiger partial charge in [0.15, 0.2) is 0 Å². The number of carbonyl (C=O) groups is 2. The fourth-order valence-electron chi connectivity index (χ4n) is 7.69. The lowest BCUT2D eigenvalue weighted by molar-refractivity contribution is -0.137. The molecule has 4 aliphatic rings. The van der Waals surface area contributed by atoms with Crippen molar-refractivity contribution in [2.45, 2.75) is 91.1 Å². The van der Waals surface area contributed by atoms with Crippen molar-refractivity contribution in [2.75, 3.05) is 0 Å². The van der Waals surface area contributed by atoms with Crippen molar-refractivity contribution < 1.29 is 19.8 Å². The van der Waals surface area contributed by atoms with Gasteiger partial charge in [-0.05, 0) is 80.0 Å². The van der Waals surface area contributed by atoms with E-state index in [0.29, 0.717) is 30.5 Å². The molecule has 0 radical (unpaired) electrons. The summed E-state index contributed by atoms with van der Waals surface area (Å²) in [6, 6.07) is 0. The number of aliphatic carboxylic acids is 1. The molecular weight excluding hydrogens is 352 g/mol. The Bertz CT molecular complexity index is 709. The zero-order valence-electron chi connectivity index (χ0n) is 17.7. The Hall–Kier alpha value is -1.16. The second-order valence-corrected chi connectivity index (χ2v) is 10.7. The molecule has 0 spiro atoms. The summed E-state index contributed by atoms with van der Waals surface area (Å²) in [6.45, 7) is 6.86. The van der Waals surface area contributed by atoms with E-state index < -0.39 is 5.97 Å². The Morgan fingerprint density at radius 3 is 2.68 bits per heavy atom. The van der Waals surface area contributed by atoms with Crippen LogP contribution in [0.3, 0.4) is 0 Å². The van der Waals surface area contributed by atoms with Crippen LogP contribution < -0.4 is 0 Å². The van der Waals surface area contributed by atoms with E-state index in [2.05, 4.69) is 20.8 Å². The fraction of sp³-hybridized carbons (Fsp3) is 0.833. The summed E-state index contributed by atoms with van der Waals surface area (Å²) < 4.78 is 0. The molecule has 2 N–H and O–H groups in total. The summed E-state index contributed by atoms with van der Waals surface area (Å²) >= 11 is 0. The van der Waals surface area contributed by atoms with Gasteiger partial charge in [0.1, 0.15) is 5.78 Å². The first-order valence-corrected chi connectivity index (χ1v) is 11.3. The summed E-state index contributed by atoms with van der Waals surface area (Å²) in [7, 11) is 0. The standard InChI is InChI=1S/C24H36O4/c1-14(4-7-21(27)28)19-13-20(26)22-17-6-5-15-12-16(25)8-10-23(15,2)18(17)9-11-24(19,22)3/h14-16,19,22,25H,4-13H2,1-3H3,(H,27,28)/t14-,15-,16-,19-,22-,23+,24-/m1/s1. The highest BCUT2D eigenvalue weighted by atomic mass is 16.4. The largest absolute Gasteiger partial charge is 0.481 e. The predicted molar refractivity (Wildman–Crippen MR) is 108 cm³/mol. The molecule has 0 heterocycles. The maximum Gasteiger partial charge on any atom is 0.303 e. The van der Waals surface area contributed by atoms with Crippen LogP contribution in [-0.4, -0.2) is 28.1 Å². The van der Waals surface area contributed by atoms with Crippen molar-refractivity contribution in [3.8, 4) is 0 Å². The van der Waals surface area contributed by atoms with Gasteiger partial charge in [0.2, 0.25) is 0 Å². The molecule has 4 aliphatic carbocycles. The molecule has 0 aliphatic heterocycles. The maximum absolute atomic E-state index is 13.2. The molecule has 2 saturated carbocycles. The van der Waals surface area contributed by atoms with E-state index >= 15 is 0 Å². The Morgan fingerprint density at radius 2 is 1.96 bits per heavy atom. The van der Waals surface area contributed by atoms with E-state index in [1.54, 1.807) is 5.57 Å². The maximum atomic E-state index is 13.2. The van der Waals surface area contributed by atoms with E-state index in [0.717, 1.165) is 44.9 Å². The van der Waals surface area contributed by atoms with Gasteiger partial charge in [0.25, 0.3) is 0 Å². The van der Waals surface area contributed by atoms with Crippen LogP contribution in [0.25, 0.3) is 0 Å². The van der Waals surface area contributed by atoms with Gasteiger partial charge in [-0.3, -0.25) is 9.59 Å². The van der Waals surface area contributed by atoms with Gasteiger partial charge in [0.05, 0.1) is 6.10 Å². The van der Waals surface area contributed by atoms with Crippen molar-refractivity contribution in [1.82, 2.24) is 0 Å². The van der Waals surface area contributed by atoms with Crippen molar-refractivity contribution in [3.05, 3.63) is 11.1 Å². The number of aliphatic hydroxyl groups is 1. The average Bonchev–Trinajstić information content (AvgIpc) is 2.91. The highest BCUT2D eigenvalue weighted by Gasteiger charge is 2.59. The Balaban J connectivity index is 1.64. The lowest BCUT2D eigenvalue weighted by Gasteiger charge is -2.54. The van der Waals surface area contributed by atoms with Crippen LogP contribution in [0.2, 0.25) is 0 Å². The topological polar surface area (TPSA) is 74.6 Å². The number of fused-ring (bicyclic) bond motifs is 4. The van der Waals surface area contributed by atoms with Gasteiger partial charge in [0, 0.05) is 18.8 Å². The lowest BCUT2D eigenvalue weighted by Crippen LogP contribution is -2.46. The number of carboxylic acid groups (broad SMARTS) is 1. The Labute approximate surface area is 168 Å². The molecule has 0 amide bonds. The normalized spacial score (nSPS) is 43.9. The minimum absolute atomic E-state index is 0.00872. The minimum Gasteiger partial charge on any atom is -0.481 e. The molecule has 4 heteroatoms. The molecule has 7 atom stereocenters. The highest BCUT2D eigenvalue weighted by molar-refractivity contribution is 5.88. The first-order chi connectivity index (χ1) is 13.2. The van der Waals surface area contributed by atoms with Gasteiger partial charge in [-0.15, -0.1) is 0 Å². The quantitative estimate of drug-likeness (QED) is 0.682. The second kappa shape index (κ2) is 6.97. The molecule has 0 aromatic carbocycles. The molecule has 0 aromatic heterocycles. The van der Waals surface area contributed by atoms with Gasteiger partial charge >= 0.3 is 5.97 Å². The van der Waals surface area contributed by atoms with Crippen molar-refractivity contribution in [3.63, 3.8) is 0 Å².